The van der Waals surface area contributed by atoms with Crippen LogP contribution in [0.25, 0.3) is 0 Å². The third kappa shape index (κ3) is 2.45. The molecular formula is C5H6NO2S2. The SMILES string of the molecule is [CH2]S(=O)(=O)Cc1cncs1. The molecule has 0 saturated heterocycles. The molecule has 0 spiro atoms. The molecule has 0 aliphatic rings. The van der Waals surface area contributed by atoms with Crippen molar-refractivity contribution in [3.05, 3.63) is 22.8 Å². The third-order valence-corrected chi connectivity index (χ3v) is 2.56. The van der Waals surface area contributed by atoms with E-state index in [0.717, 1.165) is 4.88 Å². The van der Waals surface area contributed by atoms with Crippen LogP contribution in [0.1, 0.15) is 4.88 Å². The Hall–Kier alpha value is -0.420. The van der Waals surface area contributed by atoms with E-state index in [1.54, 1.807) is 5.51 Å². The van der Waals surface area contributed by atoms with Crippen LogP contribution in [0.5, 0.6) is 0 Å². The molecule has 0 aliphatic heterocycles. The van der Waals surface area contributed by atoms with Crippen LogP contribution in [0.3, 0.4) is 0 Å². The fourth-order valence-electron chi connectivity index (χ4n) is 0.530. The quantitative estimate of drug-likeness (QED) is 0.671. The lowest BCUT2D eigenvalue weighted by molar-refractivity contribution is 0.604. The summed E-state index contributed by atoms with van der Waals surface area (Å²) in [4.78, 5) is 4.46. The second-order valence-corrected chi connectivity index (χ2v) is 4.60. The third-order valence-electron chi connectivity index (χ3n) is 0.846. The average Bonchev–Trinajstić information content (AvgIpc) is 2.12. The average molecular weight is 176 g/mol. The van der Waals surface area contributed by atoms with E-state index in [0.29, 0.717) is 0 Å². The van der Waals surface area contributed by atoms with E-state index in [9.17, 15) is 8.42 Å². The highest BCUT2D eigenvalue weighted by Crippen LogP contribution is 2.09. The molecule has 0 aromatic carbocycles. The van der Waals surface area contributed by atoms with Crippen molar-refractivity contribution < 1.29 is 8.42 Å². The van der Waals surface area contributed by atoms with E-state index < -0.39 is 9.84 Å². The minimum Gasteiger partial charge on any atom is -0.253 e. The first-order chi connectivity index (χ1) is 4.58. The van der Waals surface area contributed by atoms with Crippen LogP contribution in [0, 0.1) is 6.26 Å². The molecule has 1 heterocycles. The molecule has 3 nitrogen and oxygen atoms in total. The van der Waals surface area contributed by atoms with E-state index in [1.165, 1.54) is 17.5 Å². The van der Waals surface area contributed by atoms with Gasteiger partial charge in [0.2, 0.25) is 0 Å². The van der Waals surface area contributed by atoms with Crippen molar-refractivity contribution in [2.75, 3.05) is 0 Å². The molecule has 0 amide bonds. The van der Waals surface area contributed by atoms with Gasteiger partial charge in [0.05, 0.1) is 17.5 Å². The second kappa shape index (κ2) is 2.67. The van der Waals surface area contributed by atoms with Crippen molar-refractivity contribution in [1.82, 2.24) is 4.98 Å². The Labute approximate surface area is 63.6 Å². The molecular weight excluding hydrogens is 170 g/mol. The van der Waals surface area contributed by atoms with Crippen molar-refractivity contribution in [3.8, 4) is 0 Å². The van der Waals surface area contributed by atoms with E-state index in [2.05, 4.69) is 11.2 Å². The van der Waals surface area contributed by atoms with Gasteiger partial charge >= 0.3 is 0 Å². The Morgan fingerprint density at radius 3 is 2.80 bits per heavy atom. The van der Waals surface area contributed by atoms with Gasteiger partial charge in [0.15, 0.2) is 9.84 Å². The molecule has 5 heteroatoms. The van der Waals surface area contributed by atoms with Gasteiger partial charge in [-0.25, -0.2) is 8.42 Å². The van der Waals surface area contributed by atoms with Gasteiger partial charge in [-0.3, -0.25) is 4.98 Å². The summed E-state index contributed by atoms with van der Waals surface area (Å²) in [5, 5.41) is 0. The maximum atomic E-state index is 10.6. The molecule has 1 rings (SSSR count). The topological polar surface area (TPSA) is 47.0 Å². The molecule has 0 fully saturated rings. The number of thiazole rings is 1. The Morgan fingerprint density at radius 2 is 2.40 bits per heavy atom. The number of nitrogens with zero attached hydrogens (tertiary/aromatic N) is 1. The number of hydrogen-bond acceptors (Lipinski definition) is 4. The number of sulfone groups is 1. The van der Waals surface area contributed by atoms with Crippen LogP contribution in [-0.4, -0.2) is 13.4 Å². The number of aromatic nitrogens is 1. The van der Waals surface area contributed by atoms with Crippen molar-refractivity contribution >= 4 is 21.2 Å². The van der Waals surface area contributed by atoms with E-state index in [-0.39, 0.29) is 5.75 Å². The summed E-state index contributed by atoms with van der Waals surface area (Å²) in [6.07, 6.45) is 4.53. The van der Waals surface area contributed by atoms with Gasteiger partial charge in [-0.05, 0) is 0 Å². The van der Waals surface area contributed by atoms with Crippen LogP contribution >= 0.6 is 11.3 Å². The first-order valence-corrected chi connectivity index (χ1v) is 5.21. The largest absolute Gasteiger partial charge is 0.253 e. The first kappa shape index (κ1) is 7.68. The summed E-state index contributed by atoms with van der Waals surface area (Å²) in [6, 6.07) is 0. The fourth-order valence-corrected chi connectivity index (χ4v) is 2.23. The van der Waals surface area contributed by atoms with Crippen LogP contribution in [-0.2, 0) is 15.6 Å². The van der Waals surface area contributed by atoms with Crippen LogP contribution < -0.4 is 0 Å². The van der Waals surface area contributed by atoms with Crippen molar-refractivity contribution in [2.24, 2.45) is 0 Å². The van der Waals surface area contributed by atoms with E-state index in [1.807, 2.05) is 0 Å². The number of rotatable bonds is 2. The molecule has 55 valence electrons. The van der Waals surface area contributed by atoms with Crippen LogP contribution in [0.4, 0.5) is 0 Å². The Balaban J connectivity index is 2.75. The van der Waals surface area contributed by atoms with E-state index >= 15 is 0 Å². The molecule has 1 aromatic rings. The standard InChI is InChI=1S/C5H6NO2S2/c1-10(7,8)3-5-2-6-4-9-5/h2,4H,1,3H2. The normalized spacial score (nSPS) is 11.7. The highest BCUT2D eigenvalue weighted by Gasteiger charge is 2.04. The Kier molecular flexibility index (Phi) is 2.05. The summed E-state index contributed by atoms with van der Waals surface area (Å²) >= 11 is 1.32. The molecule has 0 bridgehead atoms. The molecule has 0 aliphatic carbocycles. The van der Waals surface area contributed by atoms with Gasteiger partial charge in [-0.1, -0.05) is 0 Å². The maximum absolute atomic E-state index is 10.6. The highest BCUT2D eigenvalue weighted by molar-refractivity contribution is 7.91. The fraction of sp³-hybridized carbons (Fsp3) is 0.200. The summed E-state index contributed by atoms with van der Waals surface area (Å²) in [6.45, 7) is 0. The monoisotopic (exact) mass is 176 g/mol. The summed E-state index contributed by atoms with van der Waals surface area (Å²) in [7, 11) is -3.13. The van der Waals surface area contributed by atoms with Gasteiger partial charge in [0.25, 0.3) is 0 Å². The van der Waals surface area contributed by atoms with Crippen LogP contribution in [0.2, 0.25) is 0 Å². The first-order valence-electron chi connectivity index (χ1n) is 2.51. The summed E-state index contributed by atoms with van der Waals surface area (Å²) in [5.74, 6) is -0.00231. The van der Waals surface area contributed by atoms with Crippen LogP contribution in [0.15, 0.2) is 11.7 Å². The zero-order valence-corrected chi connectivity index (χ0v) is 6.78. The van der Waals surface area contributed by atoms with Gasteiger partial charge in [-0.2, -0.15) is 0 Å². The van der Waals surface area contributed by atoms with Crippen molar-refractivity contribution in [3.63, 3.8) is 0 Å². The van der Waals surface area contributed by atoms with Crippen molar-refractivity contribution in [1.29, 1.82) is 0 Å². The second-order valence-electron chi connectivity index (χ2n) is 1.86. The predicted molar refractivity (Wildman–Crippen MR) is 40.1 cm³/mol. The molecule has 1 radical (unpaired) electrons. The predicted octanol–water partition coefficient (Wildman–Crippen LogP) is 0.849. The lowest BCUT2D eigenvalue weighted by Crippen LogP contribution is -1.95. The summed E-state index contributed by atoms with van der Waals surface area (Å²) < 4.78 is 21.1. The summed E-state index contributed by atoms with van der Waals surface area (Å²) in [5.41, 5.74) is 1.60. The lowest BCUT2D eigenvalue weighted by Gasteiger charge is -1.89. The zero-order valence-electron chi connectivity index (χ0n) is 5.15. The van der Waals surface area contributed by atoms with Gasteiger partial charge in [-0.15, -0.1) is 11.3 Å². The molecule has 10 heavy (non-hydrogen) atoms. The maximum Gasteiger partial charge on any atom is 0.156 e. The molecule has 0 saturated carbocycles. The van der Waals surface area contributed by atoms with Gasteiger partial charge in [0, 0.05) is 11.1 Å². The van der Waals surface area contributed by atoms with Gasteiger partial charge < -0.3 is 0 Å². The zero-order chi connectivity index (χ0) is 7.61. The minimum absolute atomic E-state index is 0.00231. The lowest BCUT2D eigenvalue weighted by atomic mass is 10.6. The molecule has 0 unspecified atom stereocenters. The smallest absolute Gasteiger partial charge is 0.156 e. The van der Waals surface area contributed by atoms with Crippen molar-refractivity contribution in [2.45, 2.75) is 5.75 Å². The molecule has 0 atom stereocenters. The molecule has 0 N–H and O–H groups in total. The van der Waals surface area contributed by atoms with Gasteiger partial charge in [0.1, 0.15) is 0 Å². The minimum atomic E-state index is -3.13. The van der Waals surface area contributed by atoms with E-state index in [4.69, 9.17) is 0 Å². The Bertz CT molecular complexity index is 287. The number of hydrogen-bond donors (Lipinski definition) is 0. The highest BCUT2D eigenvalue weighted by atomic mass is 32.2. The molecule has 1 aromatic heterocycles. The Morgan fingerprint density at radius 1 is 1.70 bits per heavy atom.